The summed E-state index contributed by atoms with van der Waals surface area (Å²) in [5.41, 5.74) is 1.20. The predicted molar refractivity (Wildman–Crippen MR) is 57.2 cm³/mol. The van der Waals surface area contributed by atoms with Crippen molar-refractivity contribution in [3.63, 3.8) is 0 Å². The smallest absolute Gasteiger partial charge is 0.152 e. The highest BCUT2D eigenvalue weighted by atomic mass is 35.5. The predicted octanol–water partition coefficient (Wildman–Crippen LogP) is 1.58. The number of carbonyl (C=O) groups excluding carboxylic acids is 1. The molecule has 0 aliphatic rings. The normalized spacial score (nSPS) is 9.93. The number of rotatable bonds is 4. The fraction of sp³-hybridized carbons (Fsp3) is 0.300. The van der Waals surface area contributed by atoms with Gasteiger partial charge in [0.1, 0.15) is 0 Å². The van der Waals surface area contributed by atoms with Crippen molar-refractivity contribution in [2.45, 2.75) is 0 Å². The average molecular weight is 214 g/mol. The highest BCUT2D eigenvalue weighted by Gasteiger charge is 2.10. The summed E-state index contributed by atoms with van der Waals surface area (Å²) >= 11 is 5.96. The van der Waals surface area contributed by atoms with Crippen molar-refractivity contribution in [1.82, 2.24) is 0 Å². The van der Waals surface area contributed by atoms with Crippen LogP contribution in [-0.2, 0) is 0 Å². The molecule has 14 heavy (non-hydrogen) atoms. The zero-order valence-corrected chi connectivity index (χ0v) is 8.66. The third-order valence-electron chi connectivity index (χ3n) is 1.96. The van der Waals surface area contributed by atoms with Gasteiger partial charge in [0.25, 0.3) is 0 Å². The molecule has 0 aliphatic heterocycles. The maximum Gasteiger partial charge on any atom is 0.152 e. The molecule has 0 amide bonds. The number of halogens is 1. The Hall–Kier alpha value is -1.06. The Morgan fingerprint density at radius 1 is 1.57 bits per heavy atom. The van der Waals surface area contributed by atoms with Crippen molar-refractivity contribution < 1.29 is 9.90 Å². The third kappa shape index (κ3) is 2.25. The van der Waals surface area contributed by atoms with Gasteiger partial charge in [0, 0.05) is 19.2 Å². The van der Waals surface area contributed by atoms with Gasteiger partial charge in [0.2, 0.25) is 0 Å². The molecule has 0 saturated carbocycles. The number of likely N-dealkylation sites (N-methyl/N-ethyl adjacent to an activating group) is 1. The van der Waals surface area contributed by atoms with E-state index in [1.807, 2.05) is 0 Å². The van der Waals surface area contributed by atoms with Gasteiger partial charge in [-0.1, -0.05) is 17.7 Å². The van der Waals surface area contributed by atoms with E-state index in [1.165, 1.54) is 0 Å². The monoisotopic (exact) mass is 213 g/mol. The van der Waals surface area contributed by atoms with E-state index < -0.39 is 0 Å². The molecular weight excluding hydrogens is 202 g/mol. The van der Waals surface area contributed by atoms with E-state index in [0.717, 1.165) is 6.29 Å². The Bertz CT molecular complexity index is 328. The Morgan fingerprint density at radius 3 is 2.86 bits per heavy atom. The highest BCUT2D eigenvalue weighted by molar-refractivity contribution is 6.33. The van der Waals surface area contributed by atoms with Crippen LogP contribution < -0.4 is 4.90 Å². The molecule has 0 aromatic heterocycles. The Morgan fingerprint density at radius 2 is 2.29 bits per heavy atom. The summed E-state index contributed by atoms with van der Waals surface area (Å²) < 4.78 is 0. The average Bonchev–Trinajstić information content (AvgIpc) is 2.17. The number of aliphatic hydroxyl groups is 1. The molecule has 1 N–H and O–H groups in total. The maximum absolute atomic E-state index is 10.7. The molecule has 4 heteroatoms. The van der Waals surface area contributed by atoms with E-state index in [-0.39, 0.29) is 6.61 Å². The van der Waals surface area contributed by atoms with Crippen LogP contribution in [0.1, 0.15) is 10.4 Å². The third-order valence-corrected chi connectivity index (χ3v) is 2.27. The maximum atomic E-state index is 10.7. The van der Waals surface area contributed by atoms with Gasteiger partial charge in [-0.25, -0.2) is 0 Å². The molecule has 1 rings (SSSR count). The van der Waals surface area contributed by atoms with E-state index in [4.69, 9.17) is 16.7 Å². The molecule has 3 nitrogen and oxygen atoms in total. The van der Waals surface area contributed by atoms with Gasteiger partial charge in [0.05, 0.1) is 17.3 Å². The van der Waals surface area contributed by atoms with Crippen molar-refractivity contribution in [3.05, 3.63) is 28.8 Å². The first kappa shape index (κ1) is 11.0. The van der Waals surface area contributed by atoms with Gasteiger partial charge in [-0.3, -0.25) is 4.79 Å². The van der Waals surface area contributed by atoms with E-state index in [0.29, 0.717) is 22.8 Å². The number of aliphatic hydroxyl groups excluding tert-OH is 1. The topological polar surface area (TPSA) is 40.5 Å². The molecule has 76 valence electrons. The summed E-state index contributed by atoms with van der Waals surface area (Å²) in [5, 5.41) is 9.30. The first-order chi connectivity index (χ1) is 6.70. The molecule has 0 atom stereocenters. The van der Waals surface area contributed by atoms with Gasteiger partial charge in [-0.2, -0.15) is 0 Å². The van der Waals surface area contributed by atoms with Gasteiger partial charge >= 0.3 is 0 Å². The molecular formula is C10H12ClNO2. The van der Waals surface area contributed by atoms with Crippen LogP contribution >= 0.6 is 11.6 Å². The summed E-state index contributed by atoms with van der Waals surface area (Å²) in [6, 6.07) is 5.14. The Balaban J connectivity index is 3.09. The zero-order chi connectivity index (χ0) is 10.6. The number of benzene rings is 1. The minimum absolute atomic E-state index is 0.0278. The number of carbonyl (C=O) groups is 1. The van der Waals surface area contributed by atoms with Crippen LogP contribution in [0.5, 0.6) is 0 Å². The lowest BCUT2D eigenvalue weighted by atomic mass is 10.2. The Labute approximate surface area is 87.9 Å². The van der Waals surface area contributed by atoms with E-state index in [1.54, 1.807) is 30.1 Å². The molecule has 0 fully saturated rings. The molecule has 0 unspecified atom stereocenters. The summed E-state index contributed by atoms with van der Waals surface area (Å²) in [6.07, 6.45) is 0.759. The number of anilines is 1. The molecule has 1 aromatic rings. The van der Waals surface area contributed by atoms with Gasteiger partial charge in [0.15, 0.2) is 6.29 Å². The highest BCUT2D eigenvalue weighted by Crippen LogP contribution is 2.27. The first-order valence-electron chi connectivity index (χ1n) is 4.26. The van der Waals surface area contributed by atoms with Crippen LogP contribution in [0.3, 0.4) is 0 Å². The van der Waals surface area contributed by atoms with Gasteiger partial charge in [-0.15, -0.1) is 0 Å². The Kier molecular flexibility index (Phi) is 3.92. The molecule has 0 spiro atoms. The van der Waals surface area contributed by atoms with Crippen molar-refractivity contribution in [1.29, 1.82) is 0 Å². The van der Waals surface area contributed by atoms with Crippen LogP contribution in [0, 0.1) is 0 Å². The van der Waals surface area contributed by atoms with E-state index in [2.05, 4.69) is 0 Å². The fourth-order valence-electron chi connectivity index (χ4n) is 1.29. The van der Waals surface area contributed by atoms with Crippen molar-refractivity contribution >= 4 is 23.6 Å². The second kappa shape index (κ2) is 4.98. The number of aldehydes is 1. The second-order valence-corrected chi connectivity index (χ2v) is 3.35. The summed E-state index contributed by atoms with van der Waals surface area (Å²) in [5.74, 6) is 0. The largest absolute Gasteiger partial charge is 0.395 e. The summed E-state index contributed by atoms with van der Waals surface area (Å²) in [7, 11) is 1.78. The number of hydrogen-bond acceptors (Lipinski definition) is 3. The quantitative estimate of drug-likeness (QED) is 0.773. The molecule has 1 aromatic carbocycles. The fourth-order valence-corrected chi connectivity index (χ4v) is 1.62. The molecule has 0 radical (unpaired) electrons. The lowest BCUT2D eigenvalue weighted by Gasteiger charge is -2.20. The lowest BCUT2D eigenvalue weighted by molar-refractivity contribution is 0.112. The van der Waals surface area contributed by atoms with Crippen LogP contribution in [-0.4, -0.2) is 31.6 Å². The standard InChI is InChI=1S/C10H12ClNO2/c1-12(5-6-13)10-8(7-14)3-2-4-9(10)11/h2-4,7,13H,5-6H2,1H3. The van der Waals surface area contributed by atoms with Gasteiger partial charge in [-0.05, 0) is 12.1 Å². The lowest BCUT2D eigenvalue weighted by Crippen LogP contribution is -2.22. The second-order valence-electron chi connectivity index (χ2n) is 2.94. The summed E-state index contributed by atoms with van der Waals surface area (Å²) in [4.78, 5) is 12.5. The van der Waals surface area contributed by atoms with Crippen LogP contribution in [0.4, 0.5) is 5.69 Å². The van der Waals surface area contributed by atoms with Crippen LogP contribution in [0.2, 0.25) is 5.02 Å². The zero-order valence-electron chi connectivity index (χ0n) is 7.90. The SMILES string of the molecule is CN(CCO)c1c(Cl)cccc1C=O. The number of para-hydroxylation sites is 1. The van der Waals surface area contributed by atoms with Gasteiger partial charge < -0.3 is 10.0 Å². The number of nitrogens with zero attached hydrogens (tertiary/aromatic N) is 1. The molecule has 0 aliphatic carbocycles. The van der Waals surface area contributed by atoms with E-state index in [9.17, 15) is 4.79 Å². The van der Waals surface area contributed by atoms with Crippen molar-refractivity contribution in [3.8, 4) is 0 Å². The van der Waals surface area contributed by atoms with E-state index >= 15 is 0 Å². The summed E-state index contributed by atoms with van der Waals surface area (Å²) in [6.45, 7) is 0.477. The van der Waals surface area contributed by atoms with Crippen LogP contribution in [0.15, 0.2) is 18.2 Å². The molecule has 0 heterocycles. The molecule has 0 bridgehead atoms. The first-order valence-corrected chi connectivity index (χ1v) is 4.64. The van der Waals surface area contributed by atoms with Crippen LogP contribution in [0.25, 0.3) is 0 Å². The van der Waals surface area contributed by atoms with Crippen molar-refractivity contribution in [2.24, 2.45) is 0 Å². The minimum Gasteiger partial charge on any atom is -0.395 e. The number of hydrogen-bond donors (Lipinski definition) is 1. The minimum atomic E-state index is 0.0278. The van der Waals surface area contributed by atoms with Crippen molar-refractivity contribution in [2.75, 3.05) is 25.1 Å². The molecule has 0 saturated heterocycles.